The van der Waals surface area contributed by atoms with Crippen molar-refractivity contribution < 1.29 is 9.59 Å². The lowest BCUT2D eigenvalue weighted by Crippen LogP contribution is -2.47. The van der Waals surface area contributed by atoms with Crippen LogP contribution >= 0.6 is 27.3 Å². The highest BCUT2D eigenvalue weighted by Crippen LogP contribution is 2.22. The van der Waals surface area contributed by atoms with Crippen molar-refractivity contribution in [1.29, 1.82) is 0 Å². The summed E-state index contributed by atoms with van der Waals surface area (Å²) >= 11 is 4.64. The molecule has 2 amide bonds. The Labute approximate surface area is 125 Å². The highest BCUT2D eigenvalue weighted by molar-refractivity contribution is 9.11. The molecular formula is C12H18BrN3O2S. The third-order valence-corrected chi connectivity index (χ3v) is 3.86. The number of nitrogens with two attached hydrogens (primary N) is 1. The number of nitrogens with zero attached hydrogens (tertiary/aromatic N) is 1. The quantitative estimate of drug-likeness (QED) is 0.845. The molecule has 0 atom stereocenters. The molecule has 1 heterocycles. The lowest BCUT2D eigenvalue weighted by molar-refractivity contribution is -0.121. The molecule has 0 unspecified atom stereocenters. The Bertz CT molecular complexity index is 468. The first-order chi connectivity index (χ1) is 8.69. The summed E-state index contributed by atoms with van der Waals surface area (Å²) in [4.78, 5) is 25.7. The van der Waals surface area contributed by atoms with E-state index >= 15 is 0 Å². The molecule has 0 aromatic carbocycles. The van der Waals surface area contributed by atoms with Crippen molar-refractivity contribution >= 4 is 39.1 Å². The first-order valence-electron chi connectivity index (χ1n) is 5.75. The molecular weight excluding hydrogens is 330 g/mol. The molecule has 0 aliphatic rings. The largest absolute Gasteiger partial charge is 0.353 e. The van der Waals surface area contributed by atoms with Crippen molar-refractivity contribution in [2.45, 2.75) is 19.4 Å². The van der Waals surface area contributed by atoms with Crippen LogP contribution in [-0.2, 0) is 4.79 Å². The van der Waals surface area contributed by atoms with Crippen molar-refractivity contribution in [3.05, 3.63) is 20.8 Å². The number of thiophene rings is 1. The number of rotatable bonds is 5. The Hall–Kier alpha value is -0.920. The molecule has 0 aliphatic carbocycles. The number of nitrogens with one attached hydrogen (secondary N) is 1. The van der Waals surface area contributed by atoms with Crippen LogP contribution in [0.1, 0.15) is 23.5 Å². The summed E-state index contributed by atoms with van der Waals surface area (Å²) in [6.45, 7) is 4.04. The molecule has 0 radical (unpaired) electrons. The van der Waals surface area contributed by atoms with Crippen molar-refractivity contribution in [3.63, 3.8) is 0 Å². The van der Waals surface area contributed by atoms with Crippen LogP contribution < -0.4 is 11.1 Å². The summed E-state index contributed by atoms with van der Waals surface area (Å²) in [6.07, 6.45) is 0. The minimum absolute atomic E-state index is 0.0183. The monoisotopic (exact) mass is 347 g/mol. The number of carbonyl (C=O) groups excluding carboxylic acids is 2. The van der Waals surface area contributed by atoms with E-state index in [0.717, 1.165) is 3.79 Å². The number of hydrogen-bond donors (Lipinski definition) is 2. The van der Waals surface area contributed by atoms with E-state index in [1.54, 1.807) is 13.1 Å². The Morgan fingerprint density at radius 1 is 1.47 bits per heavy atom. The lowest BCUT2D eigenvalue weighted by Gasteiger charge is -2.21. The van der Waals surface area contributed by atoms with Gasteiger partial charge in [0.1, 0.15) is 0 Å². The summed E-state index contributed by atoms with van der Waals surface area (Å²) in [5.41, 5.74) is 5.31. The molecule has 7 heteroatoms. The van der Waals surface area contributed by atoms with E-state index in [2.05, 4.69) is 21.2 Å². The molecule has 0 saturated carbocycles. The SMILES string of the molecule is CN(CC(=O)NCC(C)(C)N)C(=O)c1ccc(Br)s1. The van der Waals surface area contributed by atoms with Gasteiger partial charge in [0.15, 0.2) is 0 Å². The number of likely N-dealkylation sites (N-methyl/N-ethyl adjacent to an activating group) is 1. The number of amides is 2. The minimum Gasteiger partial charge on any atom is -0.353 e. The van der Waals surface area contributed by atoms with Gasteiger partial charge in [0.2, 0.25) is 5.91 Å². The molecule has 1 aromatic heterocycles. The number of carbonyl (C=O) groups is 2. The van der Waals surface area contributed by atoms with E-state index in [0.29, 0.717) is 11.4 Å². The topological polar surface area (TPSA) is 75.4 Å². The fourth-order valence-corrected chi connectivity index (χ4v) is 2.67. The van der Waals surface area contributed by atoms with Gasteiger partial charge < -0.3 is 16.0 Å². The smallest absolute Gasteiger partial charge is 0.264 e. The lowest BCUT2D eigenvalue weighted by atomic mass is 10.1. The number of hydrogen-bond acceptors (Lipinski definition) is 4. The van der Waals surface area contributed by atoms with Crippen LogP contribution in [0.5, 0.6) is 0 Å². The van der Waals surface area contributed by atoms with Gasteiger partial charge >= 0.3 is 0 Å². The molecule has 5 nitrogen and oxygen atoms in total. The number of halogens is 1. The Morgan fingerprint density at radius 2 is 2.11 bits per heavy atom. The highest BCUT2D eigenvalue weighted by atomic mass is 79.9. The summed E-state index contributed by atoms with van der Waals surface area (Å²) in [6, 6.07) is 3.54. The standard InChI is InChI=1S/C12H18BrN3O2S/c1-12(2,14)7-15-10(17)6-16(3)11(18)8-4-5-9(13)19-8/h4-5H,6-7,14H2,1-3H3,(H,15,17). The van der Waals surface area contributed by atoms with Gasteiger partial charge in [-0.1, -0.05) is 0 Å². The Kier molecular flexibility index (Phi) is 5.51. The summed E-state index contributed by atoms with van der Waals surface area (Å²) in [5, 5.41) is 2.70. The summed E-state index contributed by atoms with van der Waals surface area (Å²) < 4.78 is 0.888. The van der Waals surface area contributed by atoms with Gasteiger partial charge in [-0.3, -0.25) is 9.59 Å². The van der Waals surface area contributed by atoms with Gasteiger partial charge in [0, 0.05) is 19.1 Å². The van der Waals surface area contributed by atoms with Crippen molar-refractivity contribution in [1.82, 2.24) is 10.2 Å². The summed E-state index contributed by atoms with van der Waals surface area (Å²) in [7, 11) is 1.60. The molecule has 106 valence electrons. The molecule has 0 fully saturated rings. The maximum Gasteiger partial charge on any atom is 0.264 e. The molecule has 1 aromatic rings. The molecule has 3 N–H and O–H groups in total. The predicted molar refractivity (Wildman–Crippen MR) is 80.3 cm³/mol. The maximum absolute atomic E-state index is 12.0. The summed E-state index contributed by atoms with van der Waals surface area (Å²) in [5.74, 6) is -0.386. The van der Waals surface area contributed by atoms with E-state index in [-0.39, 0.29) is 18.4 Å². The Morgan fingerprint density at radius 3 is 2.58 bits per heavy atom. The van der Waals surface area contributed by atoms with Crippen LogP contribution in [0.3, 0.4) is 0 Å². The average molecular weight is 348 g/mol. The van der Waals surface area contributed by atoms with E-state index in [1.807, 2.05) is 19.9 Å². The second-order valence-electron chi connectivity index (χ2n) is 5.03. The van der Waals surface area contributed by atoms with Gasteiger partial charge in [-0.15, -0.1) is 11.3 Å². The normalized spacial score (nSPS) is 11.2. The van der Waals surface area contributed by atoms with Gasteiger partial charge in [-0.05, 0) is 41.9 Å². The molecule has 0 saturated heterocycles. The van der Waals surface area contributed by atoms with E-state index in [4.69, 9.17) is 5.73 Å². The van der Waals surface area contributed by atoms with Crippen LogP contribution in [0.2, 0.25) is 0 Å². The first kappa shape index (κ1) is 16.1. The second-order valence-corrected chi connectivity index (χ2v) is 7.49. The average Bonchev–Trinajstić information content (AvgIpc) is 2.71. The van der Waals surface area contributed by atoms with Crippen molar-refractivity contribution in [2.75, 3.05) is 20.1 Å². The van der Waals surface area contributed by atoms with Crippen molar-refractivity contribution in [2.24, 2.45) is 5.73 Å². The van der Waals surface area contributed by atoms with E-state index < -0.39 is 5.54 Å². The zero-order valence-electron chi connectivity index (χ0n) is 11.2. The third kappa shape index (κ3) is 5.71. The van der Waals surface area contributed by atoms with Gasteiger partial charge in [-0.25, -0.2) is 0 Å². The molecule has 19 heavy (non-hydrogen) atoms. The minimum atomic E-state index is -0.461. The van der Waals surface area contributed by atoms with Crippen LogP contribution in [0.4, 0.5) is 0 Å². The molecule has 1 rings (SSSR count). The van der Waals surface area contributed by atoms with Crippen LogP contribution in [0.15, 0.2) is 15.9 Å². The molecule has 0 aliphatic heterocycles. The predicted octanol–water partition coefficient (Wildman–Crippen LogP) is 1.44. The van der Waals surface area contributed by atoms with Crippen molar-refractivity contribution in [3.8, 4) is 0 Å². The fraction of sp³-hybridized carbons (Fsp3) is 0.500. The van der Waals surface area contributed by atoms with E-state index in [1.165, 1.54) is 16.2 Å². The maximum atomic E-state index is 12.0. The van der Waals surface area contributed by atoms with Gasteiger partial charge in [0.25, 0.3) is 5.91 Å². The molecule has 0 bridgehead atoms. The van der Waals surface area contributed by atoms with Crippen LogP contribution in [-0.4, -0.2) is 42.4 Å². The zero-order valence-corrected chi connectivity index (χ0v) is 13.6. The Balaban J connectivity index is 2.48. The van der Waals surface area contributed by atoms with Crippen LogP contribution in [0.25, 0.3) is 0 Å². The molecule has 0 spiro atoms. The zero-order chi connectivity index (χ0) is 14.6. The fourth-order valence-electron chi connectivity index (χ4n) is 1.29. The van der Waals surface area contributed by atoms with Gasteiger partial charge in [0.05, 0.1) is 15.2 Å². The highest BCUT2D eigenvalue weighted by Gasteiger charge is 2.18. The third-order valence-electron chi connectivity index (χ3n) is 2.25. The van der Waals surface area contributed by atoms with E-state index in [9.17, 15) is 9.59 Å². The second kappa shape index (κ2) is 6.49. The van der Waals surface area contributed by atoms with Crippen LogP contribution in [0, 0.1) is 0 Å². The first-order valence-corrected chi connectivity index (χ1v) is 7.36. The van der Waals surface area contributed by atoms with Gasteiger partial charge in [-0.2, -0.15) is 0 Å².